The molecule has 0 fully saturated rings. The zero-order chi connectivity index (χ0) is 11.0. The Kier molecular flexibility index (Phi) is 1.93. The van der Waals surface area contributed by atoms with Gasteiger partial charge in [-0.3, -0.25) is 9.38 Å². The van der Waals surface area contributed by atoms with E-state index < -0.39 is 0 Å². The fourth-order valence-corrected chi connectivity index (χ4v) is 1.67. The van der Waals surface area contributed by atoms with Crippen molar-refractivity contribution in [2.45, 2.75) is 6.92 Å². The van der Waals surface area contributed by atoms with Gasteiger partial charge in [0.05, 0.1) is 11.9 Å². The number of fused-ring (bicyclic) bond motifs is 1. The van der Waals surface area contributed by atoms with Gasteiger partial charge in [0, 0.05) is 11.8 Å². The van der Waals surface area contributed by atoms with E-state index in [9.17, 15) is 0 Å². The molecule has 0 saturated heterocycles. The average molecular weight is 210 g/mol. The maximum Gasteiger partial charge on any atom is 0.179 e. The standard InChI is InChI=1S/C12H10N4/c1-9-14-15-12-7-13-11(8-16(9)12)10-5-3-2-4-6-10/h2-8H,1H3. The molecule has 0 amide bonds. The Morgan fingerprint density at radius 3 is 2.69 bits per heavy atom. The summed E-state index contributed by atoms with van der Waals surface area (Å²) in [5.74, 6) is 0.870. The van der Waals surface area contributed by atoms with Gasteiger partial charge >= 0.3 is 0 Å². The van der Waals surface area contributed by atoms with Crippen LogP contribution in [0.5, 0.6) is 0 Å². The molecule has 0 saturated carbocycles. The first kappa shape index (κ1) is 9.03. The van der Waals surface area contributed by atoms with Crippen LogP contribution < -0.4 is 0 Å². The van der Waals surface area contributed by atoms with E-state index in [-0.39, 0.29) is 0 Å². The molecule has 0 aliphatic rings. The minimum atomic E-state index is 0.775. The lowest BCUT2D eigenvalue weighted by atomic mass is 10.2. The fraction of sp³-hybridized carbons (Fsp3) is 0.0833. The molecular weight excluding hydrogens is 200 g/mol. The number of hydrogen-bond acceptors (Lipinski definition) is 3. The zero-order valence-electron chi connectivity index (χ0n) is 8.83. The highest BCUT2D eigenvalue weighted by Gasteiger charge is 2.03. The van der Waals surface area contributed by atoms with Crippen molar-refractivity contribution in [3.8, 4) is 11.3 Å². The van der Waals surface area contributed by atoms with Gasteiger partial charge in [-0.1, -0.05) is 30.3 Å². The van der Waals surface area contributed by atoms with Gasteiger partial charge in [0.1, 0.15) is 5.82 Å². The second-order valence-corrected chi connectivity index (χ2v) is 3.61. The van der Waals surface area contributed by atoms with Crippen LogP contribution in [0, 0.1) is 6.92 Å². The molecule has 0 aliphatic carbocycles. The lowest BCUT2D eigenvalue weighted by Crippen LogP contribution is -1.92. The molecule has 0 spiro atoms. The first-order valence-corrected chi connectivity index (χ1v) is 5.07. The van der Waals surface area contributed by atoms with E-state index in [0.717, 1.165) is 22.7 Å². The van der Waals surface area contributed by atoms with Crippen molar-refractivity contribution >= 4 is 5.65 Å². The number of benzene rings is 1. The SMILES string of the molecule is Cc1nnc2cnc(-c3ccccc3)cn12. The third-order valence-electron chi connectivity index (χ3n) is 2.53. The highest BCUT2D eigenvalue weighted by Crippen LogP contribution is 2.16. The van der Waals surface area contributed by atoms with Crippen LogP contribution in [-0.4, -0.2) is 19.6 Å². The van der Waals surface area contributed by atoms with Gasteiger partial charge in [0.25, 0.3) is 0 Å². The number of nitrogens with zero attached hydrogens (tertiary/aromatic N) is 4. The second-order valence-electron chi connectivity index (χ2n) is 3.61. The van der Waals surface area contributed by atoms with E-state index in [2.05, 4.69) is 15.2 Å². The molecule has 3 aromatic rings. The minimum absolute atomic E-state index is 0.775. The monoisotopic (exact) mass is 210 g/mol. The number of hydrogen-bond donors (Lipinski definition) is 0. The topological polar surface area (TPSA) is 43.1 Å². The van der Waals surface area contributed by atoms with E-state index in [4.69, 9.17) is 0 Å². The molecule has 78 valence electrons. The van der Waals surface area contributed by atoms with Crippen molar-refractivity contribution in [1.29, 1.82) is 0 Å². The maximum absolute atomic E-state index is 4.37. The van der Waals surface area contributed by atoms with Crippen LogP contribution >= 0.6 is 0 Å². The summed E-state index contributed by atoms with van der Waals surface area (Å²) in [6, 6.07) is 10.1. The van der Waals surface area contributed by atoms with E-state index in [1.807, 2.05) is 47.9 Å². The Labute approximate surface area is 92.6 Å². The maximum atomic E-state index is 4.37. The molecule has 0 unspecified atom stereocenters. The largest absolute Gasteiger partial charge is 0.283 e. The highest BCUT2D eigenvalue weighted by molar-refractivity contribution is 5.59. The number of aromatic nitrogens is 4. The predicted octanol–water partition coefficient (Wildman–Crippen LogP) is 2.10. The smallest absolute Gasteiger partial charge is 0.179 e. The summed E-state index contributed by atoms with van der Waals surface area (Å²) in [6.45, 7) is 1.93. The number of aryl methyl sites for hydroxylation is 1. The zero-order valence-corrected chi connectivity index (χ0v) is 8.83. The fourth-order valence-electron chi connectivity index (χ4n) is 1.67. The average Bonchev–Trinajstić information content (AvgIpc) is 2.72. The van der Waals surface area contributed by atoms with Gasteiger partial charge in [-0.05, 0) is 6.92 Å². The molecule has 4 heteroatoms. The van der Waals surface area contributed by atoms with Crippen LogP contribution in [-0.2, 0) is 0 Å². The molecule has 0 radical (unpaired) electrons. The summed E-state index contributed by atoms with van der Waals surface area (Å²) < 4.78 is 1.94. The molecule has 0 bridgehead atoms. The summed E-state index contributed by atoms with van der Waals surface area (Å²) in [4.78, 5) is 4.37. The van der Waals surface area contributed by atoms with Crippen molar-refractivity contribution in [3.05, 3.63) is 48.5 Å². The van der Waals surface area contributed by atoms with E-state index >= 15 is 0 Å². The first-order valence-electron chi connectivity index (χ1n) is 5.07. The van der Waals surface area contributed by atoms with Crippen LogP contribution in [0.1, 0.15) is 5.82 Å². The normalized spacial score (nSPS) is 10.8. The van der Waals surface area contributed by atoms with Gasteiger partial charge < -0.3 is 0 Å². The van der Waals surface area contributed by atoms with Crippen molar-refractivity contribution < 1.29 is 0 Å². The van der Waals surface area contributed by atoms with Gasteiger partial charge in [0.2, 0.25) is 0 Å². The highest BCUT2D eigenvalue weighted by atomic mass is 15.2. The molecular formula is C12H10N4. The van der Waals surface area contributed by atoms with Crippen molar-refractivity contribution in [2.75, 3.05) is 0 Å². The summed E-state index contributed by atoms with van der Waals surface area (Å²) in [7, 11) is 0. The van der Waals surface area contributed by atoms with Gasteiger partial charge in [-0.25, -0.2) is 0 Å². The Balaban J connectivity index is 2.22. The van der Waals surface area contributed by atoms with Crippen LogP contribution in [0.25, 0.3) is 16.9 Å². The summed E-state index contributed by atoms with van der Waals surface area (Å²) in [6.07, 6.45) is 3.70. The predicted molar refractivity (Wildman–Crippen MR) is 61.0 cm³/mol. The molecule has 3 rings (SSSR count). The van der Waals surface area contributed by atoms with Crippen LogP contribution in [0.4, 0.5) is 0 Å². The molecule has 4 nitrogen and oxygen atoms in total. The summed E-state index contributed by atoms with van der Waals surface area (Å²) >= 11 is 0. The third kappa shape index (κ3) is 1.35. The molecule has 2 heterocycles. The minimum Gasteiger partial charge on any atom is -0.283 e. The van der Waals surface area contributed by atoms with Crippen LogP contribution in [0.3, 0.4) is 0 Å². The Morgan fingerprint density at radius 1 is 1.06 bits per heavy atom. The Hall–Kier alpha value is -2.23. The Bertz CT molecular complexity index is 628. The van der Waals surface area contributed by atoms with Crippen molar-refractivity contribution in [3.63, 3.8) is 0 Å². The van der Waals surface area contributed by atoms with Crippen LogP contribution in [0.2, 0.25) is 0 Å². The molecule has 0 atom stereocenters. The second kappa shape index (κ2) is 3.41. The Morgan fingerprint density at radius 2 is 1.88 bits per heavy atom. The van der Waals surface area contributed by atoms with Gasteiger partial charge in [-0.15, -0.1) is 10.2 Å². The third-order valence-corrected chi connectivity index (χ3v) is 2.53. The van der Waals surface area contributed by atoms with Gasteiger partial charge in [0.15, 0.2) is 5.65 Å². The van der Waals surface area contributed by atoms with Crippen molar-refractivity contribution in [1.82, 2.24) is 19.6 Å². The first-order chi connectivity index (χ1) is 7.84. The molecule has 0 N–H and O–H groups in total. The lowest BCUT2D eigenvalue weighted by molar-refractivity contribution is 1.00. The lowest BCUT2D eigenvalue weighted by Gasteiger charge is -2.01. The van der Waals surface area contributed by atoms with Crippen molar-refractivity contribution in [2.24, 2.45) is 0 Å². The summed E-state index contributed by atoms with van der Waals surface area (Å²) in [5.41, 5.74) is 2.80. The molecule has 16 heavy (non-hydrogen) atoms. The molecule has 0 aliphatic heterocycles. The quantitative estimate of drug-likeness (QED) is 0.617. The molecule has 2 aromatic heterocycles. The summed E-state index contributed by atoms with van der Waals surface area (Å²) in [5, 5.41) is 8.01. The van der Waals surface area contributed by atoms with E-state index in [0.29, 0.717) is 0 Å². The van der Waals surface area contributed by atoms with E-state index in [1.54, 1.807) is 6.20 Å². The van der Waals surface area contributed by atoms with Crippen LogP contribution in [0.15, 0.2) is 42.7 Å². The van der Waals surface area contributed by atoms with E-state index in [1.165, 1.54) is 0 Å². The molecule has 1 aromatic carbocycles. The van der Waals surface area contributed by atoms with Gasteiger partial charge in [-0.2, -0.15) is 0 Å². The number of rotatable bonds is 1.